The Bertz CT molecular complexity index is 3290. The average molecular weight is 1200 g/mol. The normalized spacial score (nSPS) is 11.4. The minimum Gasteiger partial charge on any atom is -0.872 e. The van der Waals surface area contributed by atoms with Crippen LogP contribution in [0.1, 0.15) is 105 Å². The second-order valence-electron chi connectivity index (χ2n) is 21.9. The van der Waals surface area contributed by atoms with Gasteiger partial charge in [-0.15, -0.1) is 27.9 Å². The first kappa shape index (κ1) is 67.1. The molecule has 0 bridgehead atoms. The summed E-state index contributed by atoms with van der Waals surface area (Å²) < 4.78 is 0. The fourth-order valence-electron chi connectivity index (χ4n) is 11.5. The fourth-order valence-corrected chi connectivity index (χ4v) is 21.3. The van der Waals surface area contributed by atoms with Crippen LogP contribution in [0.15, 0.2) is 121 Å². The van der Waals surface area contributed by atoms with Crippen molar-refractivity contribution in [3.05, 3.63) is 144 Å². The van der Waals surface area contributed by atoms with E-state index < -0.39 is 32.3 Å². The van der Waals surface area contributed by atoms with Gasteiger partial charge in [0.05, 0.1) is 0 Å². The molecule has 0 fully saturated rings. The van der Waals surface area contributed by atoms with E-state index in [9.17, 15) is 20.4 Å². The van der Waals surface area contributed by atoms with Crippen molar-refractivity contribution in [2.75, 3.05) is 0 Å². The zero-order valence-corrected chi connectivity index (χ0v) is 57.8. The van der Waals surface area contributed by atoms with Gasteiger partial charge in [-0.3, -0.25) is 0 Å². The topological polar surface area (TPSA) is 83.8 Å². The molecule has 415 valence electrons. The van der Waals surface area contributed by atoms with E-state index in [1.165, 1.54) is 36.3 Å². The molecule has 0 heterocycles. The minimum atomic E-state index is -1.56. The summed E-state index contributed by atoms with van der Waals surface area (Å²) >= 11 is 0. The Kier molecular flexibility index (Phi) is 24.3. The van der Waals surface area contributed by atoms with E-state index in [4.69, 9.17) is 0 Å². The van der Waals surface area contributed by atoms with E-state index in [-0.39, 0.29) is 61.6 Å². The van der Waals surface area contributed by atoms with Gasteiger partial charge in [0.25, 0.3) is 0 Å². The Balaban J connectivity index is 0.000000293. The standard InChI is InChI=1S/2C36H42O2Si2.Ga.Li/c2*1-7-39(8-2,9-3)23-21-27-13-17-31-29(25-27)15-19-33(37)35(31)36-32-18-14-28(26-30(32)16-20-34(36)38)22-24-40(10-4,11-5)12-6;;/h2*13-20,25-26,37-38H,7-12H2,1-6H3;;/q;;;+1/p-1. The van der Waals surface area contributed by atoms with Crippen LogP contribution in [0.2, 0.25) is 72.5 Å². The van der Waals surface area contributed by atoms with Gasteiger partial charge < -0.3 is 20.4 Å². The molecular weight excluding hydrogens is 1120 g/mol. The first-order valence-corrected chi connectivity index (χ1v) is 40.2. The van der Waals surface area contributed by atoms with E-state index >= 15 is 0 Å². The Labute approximate surface area is 520 Å². The van der Waals surface area contributed by atoms with Gasteiger partial charge in [-0.2, -0.15) is 0 Å². The van der Waals surface area contributed by atoms with Crippen LogP contribution in [0.4, 0.5) is 0 Å². The maximum absolute atomic E-state index is 13.3. The number of phenolic OH excluding ortho intramolecular Hbond substituents is 3. The summed E-state index contributed by atoms with van der Waals surface area (Å²) in [7, 11) is -6.21. The summed E-state index contributed by atoms with van der Waals surface area (Å²) in [5, 5.41) is 53.9. The molecule has 0 amide bonds. The van der Waals surface area contributed by atoms with Gasteiger partial charge >= 0.3 is 18.9 Å². The molecule has 82 heavy (non-hydrogen) atoms. The van der Waals surface area contributed by atoms with Gasteiger partial charge in [-0.25, -0.2) is 0 Å². The molecule has 4 nitrogen and oxygen atoms in total. The third kappa shape index (κ3) is 14.5. The van der Waals surface area contributed by atoms with Crippen LogP contribution in [0.3, 0.4) is 0 Å². The van der Waals surface area contributed by atoms with Crippen LogP contribution in [-0.4, -0.2) is 67.4 Å². The second-order valence-corrected chi connectivity index (χ2v) is 41.7. The number of hydrogen-bond acceptors (Lipinski definition) is 4. The molecule has 0 aliphatic rings. The van der Waals surface area contributed by atoms with Crippen LogP contribution < -0.4 is 24.0 Å². The molecule has 0 aromatic heterocycles. The molecule has 8 aromatic carbocycles. The van der Waals surface area contributed by atoms with Crippen molar-refractivity contribution in [1.29, 1.82) is 0 Å². The number of phenols is 3. The predicted molar refractivity (Wildman–Crippen MR) is 360 cm³/mol. The van der Waals surface area contributed by atoms with Crippen LogP contribution in [0.25, 0.3) is 65.3 Å². The summed E-state index contributed by atoms with van der Waals surface area (Å²) in [6, 6.07) is 53.0. The van der Waals surface area contributed by atoms with Gasteiger partial charge in [0.15, 0.2) is 0 Å². The molecule has 0 atom stereocenters. The first-order chi connectivity index (χ1) is 38.5. The Morgan fingerprint density at radius 3 is 0.744 bits per heavy atom. The number of hydrogen-bond donors (Lipinski definition) is 3. The van der Waals surface area contributed by atoms with Gasteiger partial charge in [0, 0.05) is 58.7 Å². The van der Waals surface area contributed by atoms with Crippen LogP contribution in [0.5, 0.6) is 23.0 Å². The number of benzene rings is 8. The molecule has 8 aromatic rings. The number of rotatable bonds is 14. The van der Waals surface area contributed by atoms with Gasteiger partial charge in [-0.1, -0.05) is 161 Å². The van der Waals surface area contributed by atoms with Gasteiger partial charge in [0.1, 0.15) is 49.5 Å². The predicted octanol–water partition coefficient (Wildman–Crippen LogP) is 15.7. The number of fused-ring (bicyclic) bond motifs is 4. The molecule has 3 radical (unpaired) electrons. The molecule has 0 unspecified atom stereocenters. The summed E-state index contributed by atoms with van der Waals surface area (Å²) in [6.07, 6.45) is 0. The summed E-state index contributed by atoms with van der Waals surface area (Å²) in [5.41, 5.74) is 21.0. The SMILES string of the molecule is CC[Si](C#Cc1ccc2c(-c3c(O)ccc4cc(C#C[Si](CC)(CC)CC)ccc34)c(O)ccc2c1)(CC)CC.CC[Si](C#Cc1ccc2c(-c3c(O)ccc4cc(C#C[Si](CC)(CC)CC)ccc34)c([O-])ccc2c1)(CC)CC.[Ga].[Li+]. The minimum absolute atomic E-state index is 0. The van der Waals surface area contributed by atoms with Crippen molar-refractivity contribution in [2.24, 2.45) is 0 Å². The third-order valence-electron chi connectivity index (χ3n) is 18.5. The van der Waals surface area contributed by atoms with E-state index in [0.29, 0.717) is 22.3 Å². The average Bonchev–Trinajstić information content (AvgIpc) is 3.53. The molecule has 0 spiro atoms. The summed E-state index contributed by atoms with van der Waals surface area (Å²) in [6.45, 7) is 27.2. The Hall–Kier alpha value is -5.66. The Morgan fingerprint density at radius 1 is 0.305 bits per heavy atom. The van der Waals surface area contributed by atoms with Crippen LogP contribution >= 0.6 is 0 Å². The first-order valence-electron chi connectivity index (χ1n) is 29.7. The Morgan fingerprint density at radius 2 is 0.512 bits per heavy atom. The van der Waals surface area contributed by atoms with Crippen molar-refractivity contribution < 1.29 is 39.3 Å². The van der Waals surface area contributed by atoms with E-state index in [1.807, 2.05) is 72.8 Å². The monoisotopic (exact) mass is 1200 g/mol. The number of aromatic hydroxyl groups is 3. The van der Waals surface area contributed by atoms with Crippen molar-refractivity contribution in [3.8, 4) is 91.1 Å². The van der Waals surface area contributed by atoms with Crippen molar-refractivity contribution in [2.45, 2.75) is 156 Å². The zero-order chi connectivity index (χ0) is 57.8. The third-order valence-corrected chi connectivity index (χ3v) is 37.3. The molecule has 0 saturated heterocycles. The molecule has 3 N–H and O–H groups in total. The largest absolute Gasteiger partial charge is 1.00 e. The molecule has 10 heteroatoms. The summed E-state index contributed by atoms with van der Waals surface area (Å²) in [4.78, 5) is 0. The smallest absolute Gasteiger partial charge is 0.872 e. The van der Waals surface area contributed by atoms with Crippen LogP contribution in [-0.2, 0) is 0 Å². The summed E-state index contributed by atoms with van der Waals surface area (Å²) in [5.74, 6) is 14.2. The molecule has 0 aliphatic carbocycles. The molecular formula is C72H83GaLiO4Si4. The maximum Gasteiger partial charge on any atom is 1.00 e. The van der Waals surface area contributed by atoms with Crippen LogP contribution in [0, 0.1) is 45.9 Å². The molecule has 8 rings (SSSR count). The van der Waals surface area contributed by atoms with Crippen molar-refractivity contribution in [1.82, 2.24) is 0 Å². The quantitative estimate of drug-likeness (QED) is 0.0748. The van der Waals surface area contributed by atoms with Crippen molar-refractivity contribution in [3.63, 3.8) is 0 Å². The zero-order valence-electron chi connectivity index (χ0n) is 51.4. The van der Waals surface area contributed by atoms with E-state index in [0.717, 1.165) is 102 Å². The fraction of sp³-hybridized carbons (Fsp3) is 0.333. The van der Waals surface area contributed by atoms with Gasteiger partial charge in [-0.05, 0) is 188 Å². The maximum atomic E-state index is 13.3. The molecule has 0 saturated carbocycles. The van der Waals surface area contributed by atoms with Gasteiger partial charge in [0.2, 0.25) is 0 Å². The van der Waals surface area contributed by atoms with Crippen molar-refractivity contribution >= 4 is 95.2 Å². The molecule has 0 aliphatic heterocycles. The van der Waals surface area contributed by atoms with E-state index in [1.54, 1.807) is 24.3 Å². The van der Waals surface area contributed by atoms with E-state index in [2.05, 4.69) is 153 Å². The second kappa shape index (κ2) is 29.7.